The molecule has 4 unspecified atom stereocenters. The smallest absolute Gasteiger partial charge is 0.238 e. The predicted molar refractivity (Wildman–Crippen MR) is 99.5 cm³/mol. The molecule has 2 amide bonds. The average Bonchev–Trinajstić information content (AvgIpc) is 3.18. The monoisotopic (exact) mass is 341 g/mol. The Kier molecular flexibility index (Phi) is 2.75. The van der Waals surface area contributed by atoms with Crippen LogP contribution in [0.1, 0.15) is 24.0 Å². The highest BCUT2D eigenvalue weighted by molar-refractivity contribution is 6.22. The van der Waals surface area contributed by atoms with Crippen LogP contribution in [0.4, 0.5) is 5.69 Å². The number of imide groups is 1. The minimum absolute atomic E-state index is 0.00881. The Balaban J connectivity index is 1.41. The van der Waals surface area contributed by atoms with Crippen LogP contribution in [0.3, 0.4) is 0 Å². The largest absolute Gasteiger partial charge is 0.274 e. The van der Waals surface area contributed by atoms with Crippen molar-refractivity contribution >= 4 is 17.5 Å². The Morgan fingerprint density at radius 1 is 0.769 bits per heavy atom. The molecule has 2 aromatic carbocycles. The molecule has 2 aromatic rings. The Morgan fingerprint density at radius 3 is 2.12 bits per heavy atom. The molecule has 1 aliphatic heterocycles. The van der Waals surface area contributed by atoms with Crippen molar-refractivity contribution in [2.45, 2.75) is 19.3 Å². The topological polar surface area (TPSA) is 37.4 Å². The fourth-order valence-corrected chi connectivity index (χ4v) is 5.60. The number of fused-ring (bicyclic) bond motifs is 4. The summed E-state index contributed by atoms with van der Waals surface area (Å²) in [5.41, 5.74) is 5.77. The summed E-state index contributed by atoms with van der Waals surface area (Å²) in [4.78, 5) is 27.7. The summed E-state index contributed by atoms with van der Waals surface area (Å²) < 4.78 is 0. The molecule has 3 heteroatoms. The molecule has 0 aromatic heterocycles. The van der Waals surface area contributed by atoms with Crippen molar-refractivity contribution in [2.75, 3.05) is 4.90 Å². The molecule has 1 saturated carbocycles. The van der Waals surface area contributed by atoms with Gasteiger partial charge in [0.15, 0.2) is 0 Å². The molecule has 4 aliphatic carbocycles. The van der Waals surface area contributed by atoms with E-state index in [1.54, 1.807) is 0 Å². The Hall–Kier alpha value is -2.68. The number of amides is 2. The van der Waals surface area contributed by atoms with Gasteiger partial charge in [-0.25, -0.2) is 0 Å². The number of anilines is 1. The molecule has 3 nitrogen and oxygen atoms in total. The minimum atomic E-state index is -0.142. The van der Waals surface area contributed by atoms with Crippen LogP contribution in [0.5, 0.6) is 0 Å². The standard InChI is InChI=1S/C23H19NO2/c25-22-20-13-5-6-14(8-7-13)21(20)23(26)24(22)17-9-10-19-16(12-17)11-15-3-1-2-4-18(15)19/h1-6,9-10,12-14,20-21H,7-8,11H2. The predicted octanol–water partition coefficient (Wildman–Crippen LogP) is 3.96. The number of benzene rings is 2. The molecule has 0 N–H and O–H groups in total. The minimum Gasteiger partial charge on any atom is -0.274 e. The fraction of sp³-hybridized carbons (Fsp3) is 0.304. The first-order chi connectivity index (χ1) is 12.7. The lowest BCUT2D eigenvalue weighted by atomic mass is 9.63. The summed E-state index contributed by atoms with van der Waals surface area (Å²) in [6, 6.07) is 14.5. The zero-order valence-electron chi connectivity index (χ0n) is 14.4. The number of rotatable bonds is 1. The molecular weight excluding hydrogens is 322 g/mol. The maximum atomic E-state index is 13.1. The molecule has 4 atom stereocenters. The van der Waals surface area contributed by atoms with E-state index in [0.29, 0.717) is 0 Å². The van der Waals surface area contributed by atoms with Crippen molar-refractivity contribution < 1.29 is 9.59 Å². The molecule has 7 rings (SSSR count). The van der Waals surface area contributed by atoms with E-state index in [-0.39, 0.29) is 35.5 Å². The van der Waals surface area contributed by atoms with Gasteiger partial charge >= 0.3 is 0 Å². The van der Waals surface area contributed by atoms with Crippen LogP contribution in [-0.2, 0) is 16.0 Å². The van der Waals surface area contributed by atoms with Crippen LogP contribution < -0.4 is 4.90 Å². The molecule has 1 saturated heterocycles. The van der Waals surface area contributed by atoms with E-state index in [0.717, 1.165) is 24.9 Å². The molecular formula is C23H19NO2. The maximum absolute atomic E-state index is 13.1. The third kappa shape index (κ3) is 1.73. The summed E-state index contributed by atoms with van der Waals surface area (Å²) in [5, 5.41) is 0. The molecule has 128 valence electrons. The third-order valence-corrected chi connectivity index (χ3v) is 6.79. The summed E-state index contributed by atoms with van der Waals surface area (Å²) >= 11 is 0. The molecule has 5 aliphatic rings. The van der Waals surface area contributed by atoms with Crippen LogP contribution in [0.15, 0.2) is 54.6 Å². The van der Waals surface area contributed by atoms with Crippen molar-refractivity contribution in [1.82, 2.24) is 0 Å². The Labute approximate surface area is 152 Å². The lowest BCUT2D eigenvalue weighted by Crippen LogP contribution is -2.38. The van der Waals surface area contributed by atoms with Gasteiger partial charge in [0.25, 0.3) is 0 Å². The van der Waals surface area contributed by atoms with Crippen LogP contribution in [0.2, 0.25) is 0 Å². The highest BCUT2D eigenvalue weighted by Gasteiger charge is 2.56. The van der Waals surface area contributed by atoms with Crippen molar-refractivity contribution in [1.29, 1.82) is 0 Å². The molecule has 26 heavy (non-hydrogen) atoms. The summed E-state index contributed by atoms with van der Waals surface area (Å²) in [7, 11) is 0. The van der Waals surface area contributed by atoms with Crippen LogP contribution in [0.25, 0.3) is 11.1 Å². The first kappa shape index (κ1) is 14.5. The number of carbonyl (C=O) groups is 2. The van der Waals surface area contributed by atoms with Gasteiger partial charge in [-0.3, -0.25) is 14.5 Å². The molecule has 2 bridgehead atoms. The van der Waals surface area contributed by atoms with E-state index in [9.17, 15) is 9.59 Å². The highest BCUT2D eigenvalue weighted by atomic mass is 16.2. The van der Waals surface area contributed by atoms with Crippen LogP contribution >= 0.6 is 0 Å². The normalized spacial score (nSPS) is 30.5. The lowest BCUT2D eigenvalue weighted by Gasteiger charge is -2.38. The Bertz CT molecular complexity index is 973. The summed E-state index contributed by atoms with van der Waals surface area (Å²) in [5.74, 6) is 0.215. The van der Waals surface area contributed by atoms with Crippen LogP contribution in [0, 0.1) is 23.7 Å². The second-order valence-corrected chi connectivity index (χ2v) is 8.03. The molecule has 0 spiro atoms. The van der Waals surface area contributed by atoms with E-state index in [2.05, 4.69) is 48.6 Å². The second-order valence-electron chi connectivity index (χ2n) is 8.03. The van der Waals surface area contributed by atoms with E-state index >= 15 is 0 Å². The number of nitrogens with zero attached hydrogens (tertiary/aromatic N) is 1. The van der Waals surface area contributed by atoms with E-state index in [1.807, 2.05) is 6.07 Å². The third-order valence-electron chi connectivity index (χ3n) is 6.79. The second kappa shape index (κ2) is 4.94. The molecule has 1 heterocycles. The van der Waals surface area contributed by atoms with E-state index < -0.39 is 0 Å². The van der Waals surface area contributed by atoms with Gasteiger partial charge in [-0.05, 0) is 65.5 Å². The summed E-state index contributed by atoms with van der Waals surface area (Å²) in [6.07, 6.45) is 7.28. The van der Waals surface area contributed by atoms with Gasteiger partial charge in [0.05, 0.1) is 17.5 Å². The maximum Gasteiger partial charge on any atom is 0.238 e. The highest BCUT2D eigenvalue weighted by Crippen LogP contribution is 2.50. The van der Waals surface area contributed by atoms with E-state index in [1.165, 1.54) is 27.2 Å². The zero-order valence-corrected chi connectivity index (χ0v) is 14.4. The first-order valence-corrected chi connectivity index (χ1v) is 9.50. The SMILES string of the molecule is O=C1C2C3C=CC(CC3)C2C(=O)N1c1ccc2c(c1)Cc1ccccc1-2. The van der Waals surface area contributed by atoms with Gasteiger partial charge in [0.2, 0.25) is 11.8 Å². The fourth-order valence-electron chi connectivity index (χ4n) is 5.60. The lowest BCUT2D eigenvalue weighted by molar-refractivity contribution is -0.124. The van der Waals surface area contributed by atoms with E-state index in [4.69, 9.17) is 0 Å². The van der Waals surface area contributed by atoms with Crippen molar-refractivity contribution in [3.05, 3.63) is 65.7 Å². The van der Waals surface area contributed by atoms with Gasteiger partial charge in [-0.15, -0.1) is 0 Å². The van der Waals surface area contributed by atoms with Gasteiger partial charge in [0.1, 0.15) is 0 Å². The number of allylic oxidation sites excluding steroid dienone is 2. The van der Waals surface area contributed by atoms with Gasteiger partial charge in [-0.2, -0.15) is 0 Å². The number of carbonyl (C=O) groups excluding carboxylic acids is 2. The summed E-state index contributed by atoms with van der Waals surface area (Å²) in [6.45, 7) is 0. The van der Waals surface area contributed by atoms with Crippen molar-refractivity contribution in [3.8, 4) is 11.1 Å². The molecule has 0 radical (unpaired) electrons. The Morgan fingerprint density at radius 2 is 1.42 bits per heavy atom. The van der Waals surface area contributed by atoms with Gasteiger partial charge in [0, 0.05) is 0 Å². The number of hydrogen-bond donors (Lipinski definition) is 0. The zero-order chi connectivity index (χ0) is 17.4. The first-order valence-electron chi connectivity index (χ1n) is 9.50. The quantitative estimate of drug-likeness (QED) is 0.496. The molecule has 2 fully saturated rings. The van der Waals surface area contributed by atoms with Crippen molar-refractivity contribution in [2.24, 2.45) is 23.7 Å². The van der Waals surface area contributed by atoms with Gasteiger partial charge in [-0.1, -0.05) is 42.5 Å². The average molecular weight is 341 g/mol. The number of hydrogen-bond acceptors (Lipinski definition) is 2. The van der Waals surface area contributed by atoms with Crippen molar-refractivity contribution in [3.63, 3.8) is 0 Å². The van der Waals surface area contributed by atoms with Gasteiger partial charge < -0.3 is 0 Å². The van der Waals surface area contributed by atoms with Crippen LogP contribution in [-0.4, -0.2) is 11.8 Å².